The van der Waals surface area contributed by atoms with Gasteiger partial charge in [0.1, 0.15) is 0 Å². The van der Waals surface area contributed by atoms with Crippen LogP contribution in [0.3, 0.4) is 0 Å². The number of benzene rings is 1. The van der Waals surface area contributed by atoms with E-state index in [1.165, 1.54) is 6.92 Å². The van der Waals surface area contributed by atoms with E-state index in [0.29, 0.717) is 17.9 Å². The van der Waals surface area contributed by atoms with E-state index in [4.69, 9.17) is 0 Å². The topological polar surface area (TPSA) is 92.7 Å². The summed E-state index contributed by atoms with van der Waals surface area (Å²) in [6, 6.07) is 8.78. The summed E-state index contributed by atoms with van der Waals surface area (Å²) in [6.07, 6.45) is 4.25. The average Bonchev–Trinajstić information content (AvgIpc) is 2.72. The van der Waals surface area contributed by atoms with Gasteiger partial charge in [0.2, 0.25) is 5.91 Å². The van der Waals surface area contributed by atoms with Crippen LogP contribution in [0.15, 0.2) is 46.8 Å². The van der Waals surface area contributed by atoms with E-state index in [0.717, 1.165) is 5.56 Å². The largest absolute Gasteiger partial charge is 0.346 e. The SMILES string of the molecule is CC(=O)[C@H](Cc1ccccc1)NC(=O)CCC(=O)N=S1(=O)CC(C)(C)C=CC(C)(C)C1. The summed E-state index contributed by atoms with van der Waals surface area (Å²) in [5, 5.41) is 2.71. The Labute approximate surface area is 186 Å². The van der Waals surface area contributed by atoms with Crippen molar-refractivity contribution in [3.05, 3.63) is 48.0 Å². The molecule has 1 aliphatic rings. The fourth-order valence-electron chi connectivity index (χ4n) is 3.69. The molecule has 1 aromatic carbocycles. The van der Waals surface area contributed by atoms with Crippen LogP contribution in [0.4, 0.5) is 0 Å². The van der Waals surface area contributed by atoms with Crippen LogP contribution in [0, 0.1) is 10.8 Å². The van der Waals surface area contributed by atoms with Crippen LogP contribution < -0.4 is 5.32 Å². The molecule has 1 atom stereocenters. The molecule has 1 heterocycles. The van der Waals surface area contributed by atoms with Crippen LogP contribution in [0.1, 0.15) is 53.0 Å². The molecular weight excluding hydrogens is 412 g/mol. The van der Waals surface area contributed by atoms with E-state index >= 15 is 0 Å². The minimum Gasteiger partial charge on any atom is -0.346 e. The normalized spacial score (nSPS) is 19.6. The first-order chi connectivity index (χ1) is 14.3. The van der Waals surface area contributed by atoms with Crippen LogP contribution in [-0.4, -0.2) is 39.4 Å². The van der Waals surface area contributed by atoms with E-state index in [-0.39, 0.29) is 29.5 Å². The van der Waals surface area contributed by atoms with E-state index in [9.17, 15) is 18.6 Å². The van der Waals surface area contributed by atoms with E-state index in [2.05, 4.69) is 9.68 Å². The summed E-state index contributed by atoms with van der Waals surface area (Å²) in [5.74, 6) is -0.455. The van der Waals surface area contributed by atoms with Gasteiger partial charge in [0.15, 0.2) is 5.78 Å². The van der Waals surface area contributed by atoms with Crippen LogP contribution in [0.5, 0.6) is 0 Å². The number of ketones is 1. The molecule has 6 nitrogen and oxygen atoms in total. The maximum atomic E-state index is 13.4. The summed E-state index contributed by atoms with van der Waals surface area (Å²) >= 11 is 0. The Bertz CT molecular complexity index is 945. The van der Waals surface area contributed by atoms with Crippen molar-refractivity contribution in [2.75, 3.05) is 11.5 Å². The summed E-state index contributed by atoms with van der Waals surface area (Å²) in [6.45, 7) is 9.35. The molecule has 0 unspecified atom stereocenters. The summed E-state index contributed by atoms with van der Waals surface area (Å²) in [5.41, 5.74) is 0.300. The van der Waals surface area contributed by atoms with Crippen LogP contribution in [-0.2, 0) is 30.5 Å². The number of nitrogens with zero attached hydrogens (tertiary/aromatic N) is 1. The Morgan fingerprint density at radius 2 is 1.55 bits per heavy atom. The highest BCUT2D eigenvalue weighted by Crippen LogP contribution is 2.33. The number of rotatable bonds is 7. The Hall–Kier alpha value is -2.28. The summed E-state index contributed by atoms with van der Waals surface area (Å²) < 4.78 is 17.5. The number of amides is 2. The molecule has 0 aliphatic carbocycles. The lowest BCUT2D eigenvalue weighted by atomic mass is 9.89. The van der Waals surface area contributed by atoms with Crippen molar-refractivity contribution in [1.82, 2.24) is 5.32 Å². The van der Waals surface area contributed by atoms with Crippen LogP contribution in [0.25, 0.3) is 0 Å². The third-order valence-electron chi connectivity index (χ3n) is 5.12. The Morgan fingerprint density at radius 1 is 1.00 bits per heavy atom. The van der Waals surface area contributed by atoms with Gasteiger partial charge in [-0.1, -0.05) is 70.2 Å². The van der Waals surface area contributed by atoms with E-state index in [1.807, 2.05) is 70.2 Å². The third kappa shape index (κ3) is 8.40. The highest BCUT2D eigenvalue weighted by molar-refractivity contribution is 7.94. The molecular formula is C24H34N2O4S. The number of hydrogen-bond acceptors (Lipinski definition) is 4. The second-order valence-corrected chi connectivity index (χ2v) is 12.1. The second kappa shape index (κ2) is 9.90. The molecule has 2 rings (SSSR count). The minimum atomic E-state index is -2.74. The first-order valence-electron chi connectivity index (χ1n) is 10.6. The van der Waals surface area contributed by atoms with Crippen molar-refractivity contribution in [2.24, 2.45) is 15.2 Å². The molecule has 170 valence electrons. The zero-order valence-corrected chi connectivity index (χ0v) is 20.0. The first kappa shape index (κ1) is 25.0. The number of nitrogens with one attached hydrogen (secondary N) is 1. The molecule has 2 amide bonds. The Morgan fingerprint density at radius 3 is 2.06 bits per heavy atom. The monoisotopic (exact) mass is 446 g/mol. The molecule has 0 spiro atoms. The molecule has 1 N–H and O–H groups in total. The van der Waals surface area contributed by atoms with Gasteiger partial charge in [-0.25, -0.2) is 4.21 Å². The fourth-order valence-corrected chi connectivity index (χ4v) is 6.90. The summed E-state index contributed by atoms with van der Waals surface area (Å²) in [7, 11) is -2.74. The van der Waals surface area contributed by atoms with Gasteiger partial charge in [-0.05, 0) is 29.7 Å². The quantitative estimate of drug-likeness (QED) is 0.646. The van der Waals surface area contributed by atoms with Crippen molar-refractivity contribution in [3.63, 3.8) is 0 Å². The van der Waals surface area contributed by atoms with E-state index < -0.39 is 27.6 Å². The molecule has 0 saturated heterocycles. The molecule has 0 saturated carbocycles. The zero-order chi connectivity index (χ0) is 23.3. The molecule has 7 heteroatoms. The maximum Gasteiger partial charge on any atom is 0.254 e. The number of allylic oxidation sites excluding steroid dienone is 2. The molecule has 0 aromatic heterocycles. The third-order valence-corrected chi connectivity index (χ3v) is 8.05. The number of Topliss-reactive ketones (excluding diaryl/α,β-unsaturated/α-hetero) is 1. The fraction of sp³-hybridized carbons (Fsp3) is 0.542. The lowest BCUT2D eigenvalue weighted by Gasteiger charge is -2.22. The Kier molecular flexibility index (Phi) is 7.98. The standard InChI is InChI=1S/C24H34N2O4S/c1-18(27)20(15-19-9-7-6-8-10-19)25-21(28)11-12-22(29)26-31(30)16-23(2,3)13-14-24(4,5)17-31/h6-10,13-14,20H,11-12,15-17H2,1-5H3,(H,25,28)/t20-/m0/s1. The van der Waals surface area contributed by atoms with Crippen molar-refractivity contribution >= 4 is 27.3 Å². The maximum absolute atomic E-state index is 13.4. The lowest BCUT2D eigenvalue weighted by molar-refractivity contribution is -0.128. The van der Waals surface area contributed by atoms with Gasteiger partial charge in [-0.3, -0.25) is 14.4 Å². The van der Waals surface area contributed by atoms with Gasteiger partial charge < -0.3 is 5.32 Å². The highest BCUT2D eigenvalue weighted by Gasteiger charge is 2.32. The average molecular weight is 447 g/mol. The van der Waals surface area contributed by atoms with Crippen LogP contribution >= 0.6 is 0 Å². The van der Waals surface area contributed by atoms with Gasteiger partial charge in [0, 0.05) is 24.3 Å². The number of hydrogen-bond donors (Lipinski definition) is 1. The lowest BCUT2D eigenvalue weighted by Crippen LogP contribution is -2.41. The smallest absolute Gasteiger partial charge is 0.254 e. The first-order valence-corrected chi connectivity index (χ1v) is 12.4. The molecule has 0 radical (unpaired) electrons. The summed E-state index contributed by atoms with van der Waals surface area (Å²) in [4.78, 5) is 36.7. The highest BCUT2D eigenvalue weighted by atomic mass is 32.2. The van der Waals surface area contributed by atoms with Crippen LogP contribution in [0.2, 0.25) is 0 Å². The molecule has 0 bridgehead atoms. The van der Waals surface area contributed by atoms with Gasteiger partial charge >= 0.3 is 0 Å². The second-order valence-electron chi connectivity index (χ2n) is 9.78. The Balaban J connectivity index is 2.00. The van der Waals surface area contributed by atoms with Gasteiger partial charge in [-0.15, -0.1) is 0 Å². The zero-order valence-electron chi connectivity index (χ0n) is 19.1. The van der Waals surface area contributed by atoms with Crippen molar-refractivity contribution in [1.29, 1.82) is 0 Å². The molecule has 31 heavy (non-hydrogen) atoms. The van der Waals surface area contributed by atoms with Gasteiger partial charge in [-0.2, -0.15) is 4.36 Å². The van der Waals surface area contributed by atoms with Crippen molar-refractivity contribution in [2.45, 2.75) is 59.9 Å². The van der Waals surface area contributed by atoms with Gasteiger partial charge in [0.25, 0.3) is 5.91 Å². The molecule has 1 aliphatic heterocycles. The number of carbonyl (C=O) groups excluding carboxylic acids is 3. The molecule has 0 fully saturated rings. The van der Waals surface area contributed by atoms with E-state index in [1.54, 1.807) is 0 Å². The van der Waals surface area contributed by atoms with Crippen molar-refractivity contribution in [3.8, 4) is 0 Å². The van der Waals surface area contributed by atoms with Crippen molar-refractivity contribution < 1.29 is 18.6 Å². The number of carbonyl (C=O) groups is 3. The molecule has 1 aromatic rings. The minimum absolute atomic E-state index is 0.0958. The predicted molar refractivity (Wildman–Crippen MR) is 124 cm³/mol. The van der Waals surface area contributed by atoms with Gasteiger partial charge in [0.05, 0.1) is 15.8 Å². The predicted octanol–water partition coefficient (Wildman–Crippen LogP) is 3.70.